The van der Waals surface area contributed by atoms with Crippen molar-refractivity contribution in [1.82, 2.24) is 14.8 Å². The van der Waals surface area contributed by atoms with Crippen molar-refractivity contribution >= 4 is 11.7 Å². The second-order valence-electron chi connectivity index (χ2n) is 6.18. The highest BCUT2D eigenvalue weighted by Crippen LogP contribution is 2.16. The van der Waals surface area contributed by atoms with Gasteiger partial charge in [-0.05, 0) is 31.0 Å². The molecule has 22 heavy (non-hydrogen) atoms. The van der Waals surface area contributed by atoms with Crippen molar-refractivity contribution in [1.29, 1.82) is 0 Å². The van der Waals surface area contributed by atoms with Gasteiger partial charge >= 0.3 is 0 Å². The maximum Gasteiger partial charge on any atom is 0.236 e. The Bertz CT molecular complexity index is 487. The van der Waals surface area contributed by atoms with E-state index < -0.39 is 0 Å². The van der Waals surface area contributed by atoms with Crippen molar-refractivity contribution in [3.8, 4) is 0 Å². The first-order chi connectivity index (χ1) is 10.8. The zero-order valence-electron chi connectivity index (χ0n) is 13.0. The first kappa shape index (κ1) is 15.2. The number of nitrogens with zero attached hydrogens (tertiary/aromatic N) is 4. The molecule has 2 saturated heterocycles. The summed E-state index contributed by atoms with van der Waals surface area (Å²) in [7, 11) is 0. The second-order valence-corrected chi connectivity index (χ2v) is 6.18. The van der Waals surface area contributed by atoms with Crippen LogP contribution in [0.2, 0.25) is 0 Å². The largest absolute Gasteiger partial charge is 0.354 e. The van der Waals surface area contributed by atoms with Crippen molar-refractivity contribution in [2.24, 2.45) is 11.7 Å². The summed E-state index contributed by atoms with van der Waals surface area (Å²) in [5, 5.41) is 0. The first-order valence-corrected chi connectivity index (χ1v) is 8.12. The van der Waals surface area contributed by atoms with E-state index in [1.54, 1.807) is 0 Å². The molecule has 2 aliphatic rings. The van der Waals surface area contributed by atoms with E-state index in [1.165, 1.54) is 0 Å². The fourth-order valence-corrected chi connectivity index (χ4v) is 3.22. The summed E-state index contributed by atoms with van der Waals surface area (Å²) < 4.78 is 0. The number of carbonyl (C=O) groups excluding carboxylic acids is 1. The molecule has 1 aromatic rings. The van der Waals surface area contributed by atoms with E-state index in [0.717, 1.165) is 51.5 Å². The number of hydrogen-bond acceptors (Lipinski definition) is 5. The Labute approximate surface area is 131 Å². The lowest BCUT2D eigenvalue weighted by Crippen LogP contribution is -2.50. The van der Waals surface area contributed by atoms with Crippen LogP contribution < -0.4 is 10.6 Å². The van der Waals surface area contributed by atoms with E-state index in [2.05, 4.69) is 14.8 Å². The summed E-state index contributed by atoms with van der Waals surface area (Å²) in [5.74, 6) is 1.77. The van der Waals surface area contributed by atoms with E-state index in [4.69, 9.17) is 5.73 Å². The van der Waals surface area contributed by atoms with Crippen LogP contribution in [0.4, 0.5) is 5.82 Å². The number of hydrogen-bond donors (Lipinski definition) is 1. The minimum atomic E-state index is 0.252. The minimum absolute atomic E-state index is 0.252. The van der Waals surface area contributed by atoms with Gasteiger partial charge < -0.3 is 15.5 Å². The Balaban J connectivity index is 1.45. The number of rotatable bonds is 4. The summed E-state index contributed by atoms with van der Waals surface area (Å²) in [6, 6.07) is 5.99. The lowest BCUT2D eigenvalue weighted by Gasteiger charge is -2.35. The summed E-state index contributed by atoms with van der Waals surface area (Å²) >= 11 is 0. The van der Waals surface area contributed by atoms with Crippen LogP contribution in [0.5, 0.6) is 0 Å². The average Bonchev–Trinajstić information content (AvgIpc) is 3.06. The number of anilines is 1. The molecule has 1 aromatic heterocycles. The second kappa shape index (κ2) is 7.07. The third-order valence-electron chi connectivity index (χ3n) is 4.68. The summed E-state index contributed by atoms with van der Waals surface area (Å²) in [5.41, 5.74) is 5.69. The third kappa shape index (κ3) is 3.56. The Hall–Kier alpha value is -1.66. The van der Waals surface area contributed by atoms with Crippen LogP contribution in [0.1, 0.15) is 6.42 Å². The van der Waals surface area contributed by atoms with Crippen LogP contribution in [-0.2, 0) is 4.79 Å². The zero-order valence-corrected chi connectivity index (χ0v) is 13.0. The molecule has 6 nitrogen and oxygen atoms in total. The van der Waals surface area contributed by atoms with E-state index in [-0.39, 0.29) is 5.91 Å². The molecule has 2 aliphatic heterocycles. The Morgan fingerprint density at radius 1 is 1.23 bits per heavy atom. The zero-order chi connectivity index (χ0) is 15.4. The molecule has 0 aromatic carbocycles. The summed E-state index contributed by atoms with van der Waals surface area (Å²) in [6.07, 6.45) is 2.88. The first-order valence-electron chi connectivity index (χ1n) is 8.12. The van der Waals surface area contributed by atoms with Crippen molar-refractivity contribution in [2.75, 3.05) is 57.3 Å². The highest BCUT2D eigenvalue weighted by Gasteiger charge is 2.27. The van der Waals surface area contributed by atoms with Crippen molar-refractivity contribution in [2.45, 2.75) is 6.42 Å². The number of carbonyl (C=O) groups is 1. The molecule has 120 valence electrons. The van der Waals surface area contributed by atoms with Crippen LogP contribution in [0.3, 0.4) is 0 Å². The molecule has 0 radical (unpaired) electrons. The average molecular weight is 303 g/mol. The SMILES string of the molecule is NC[C@H]1CCN(C(=O)CN2CCN(c3ccccn3)CC2)C1. The Kier molecular flexibility index (Phi) is 4.90. The van der Waals surface area contributed by atoms with Gasteiger partial charge in [0, 0.05) is 45.5 Å². The molecule has 1 atom stereocenters. The standard InChI is InChI=1S/C16H25N5O/c17-11-14-4-6-21(12-14)16(22)13-19-7-9-20(10-8-19)15-3-1-2-5-18-15/h1-3,5,14H,4,6-13,17H2/t14-/m1/s1. The van der Waals surface area contributed by atoms with Crippen molar-refractivity contribution in [3.63, 3.8) is 0 Å². The van der Waals surface area contributed by atoms with Gasteiger partial charge in [-0.15, -0.1) is 0 Å². The fourth-order valence-electron chi connectivity index (χ4n) is 3.22. The molecular formula is C16H25N5O. The van der Waals surface area contributed by atoms with Crippen molar-refractivity contribution in [3.05, 3.63) is 24.4 Å². The van der Waals surface area contributed by atoms with Crippen LogP contribution in [-0.4, -0.2) is 73.0 Å². The van der Waals surface area contributed by atoms with Gasteiger partial charge in [-0.2, -0.15) is 0 Å². The van der Waals surface area contributed by atoms with Crippen LogP contribution >= 0.6 is 0 Å². The van der Waals surface area contributed by atoms with Crippen molar-refractivity contribution < 1.29 is 4.79 Å². The molecule has 2 N–H and O–H groups in total. The number of amides is 1. The number of pyridine rings is 1. The molecular weight excluding hydrogens is 278 g/mol. The molecule has 3 heterocycles. The summed E-state index contributed by atoms with van der Waals surface area (Å²) in [6.45, 7) is 6.61. The normalized spacial score (nSPS) is 23.0. The quantitative estimate of drug-likeness (QED) is 0.849. The molecule has 3 rings (SSSR count). The van der Waals surface area contributed by atoms with Crippen LogP contribution in [0.15, 0.2) is 24.4 Å². The molecule has 6 heteroatoms. The lowest BCUT2D eigenvalue weighted by molar-refractivity contribution is -0.131. The number of likely N-dealkylation sites (tertiary alicyclic amines) is 1. The highest BCUT2D eigenvalue weighted by atomic mass is 16.2. The molecule has 0 bridgehead atoms. The van der Waals surface area contributed by atoms with Gasteiger partial charge in [0.2, 0.25) is 5.91 Å². The van der Waals surface area contributed by atoms with Gasteiger partial charge in [0.1, 0.15) is 5.82 Å². The summed E-state index contributed by atoms with van der Waals surface area (Å²) in [4.78, 5) is 23.2. The fraction of sp³-hybridized carbons (Fsp3) is 0.625. The minimum Gasteiger partial charge on any atom is -0.354 e. The van der Waals surface area contributed by atoms with E-state index in [0.29, 0.717) is 19.0 Å². The molecule has 1 amide bonds. The number of piperazine rings is 1. The van der Waals surface area contributed by atoms with E-state index in [9.17, 15) is 4.79 Å². The van der Waals surface area contributed by atoms with Gasteiger partial charge in [-0.25, -0.2) is 4.98 Å². The van der Waals surface area contributed by atoms with Gasteiger partial charge in [-0.3, -0.25) is 9.69 Å². The van der Waals surface area contributed by atoms with Crippen LogP contribution in [0, 0.1) is 5.92 Å². The third-order valence-corrected chi connectivity index (χ3v) is 4.68. The molecule has 0 unspecified atom stereocenters. The smallest absolute Gasteiger partial charge is 0.236 e. The number of aromatic nitrogens is 1. The van der Waals surface area contributed by atoms with E-state index in [1.807, 2.05) is 29.3 Å². The predicted octanol–water partition coefficient (Wildman–Crippen LogP) is 0.0108. The highest BCUT2D eigenvalue weighted by molar-refractivity contribution is 5.78. The Morgan fingerprint density at radius 3 is 2.68 bits per heavy atom. The predicted molar refractivity (Wildman–Crippen MR) is 86.6 cm³/mol. The van der Waals surface area contributed by atoms with E-state index >= 15 is 0 Å². The molecule has 0 spiro atoms. The number of nitrogens with two attached hydrogens (primary N) is 1. The van der Waals surface area contributed by atoms with Gasteiger partial charge in [0.05, 0.1) is 6.54 Å². The lowest BCUT2D eigenvalue weighted by atomic mass is 10.1. The van der Waals surface area contributed by atoms with Gasteiger partial charge in [0.25, 0.3) is 0 Å². The Morgan fingerprint density at radius 2 is 2.05 bits per heavy atom. The maximum absolute atomic E-state index is 12.3. The maximum atomic E-state index is 12.3. The van der Waals surface area contributed by atoms with Gasteiger partial charge in [0.15, 0.2) is 0 Å². The van der Waals surface area contributed by atoms with Crippen LogP contribution in [0.25, 0.3) is 0 Å². The molecule has 0 saturated carbocycles. The monoisotopic (exact) mass is 303 g/mol. The molecule has 2 fully saturated rings. The molecule has 0 aliphatic carbocycles. The van der Waals surface area contributed by atoms with Gasteiger partial charge in [-0.1, -0.05) is 6.07 Å². The topological polar surface area (TPSA) is 65.7 Å².